The molecular formula is C15H14F3N3O2. The first-order valence-electron chi connectivity index (χ1n) is 7.09. The van der Waals surface area contributed by atoms with Crippen molar-refractivity contribution in [2.24, 2.45) is 0 Å². The van der Waals surface area contributed by atoms with Crippen molar-refractivity contribution in [3.63, 3.8) is 0 Å². The van der Waals surface area contributed by atoms with Gasteiger partial charge in [-0.15, -0.1) is 0 Å². The first-order valence-corrected chi connectivity index (χ1v) is 7.09. The number of anilines is 1. The molecule has 0 unspecified atom stereocenters. The van der Waals surface area contributed by atoms with E-state index in [4.69, 9.17) is 4.74 Å². The Morgan fingerprint density at radius 1 is 1.39 bits per heavy atom. The van der Waals surface area contributed by atoms with Gasteiger partial charge in [0.05, 0.1) is 16.9 Å². The largest absolute Gasteiger partial charge is 0.418 e. The molecule has 3 rings (SSSR count). The summed E-state index contributed by atoms with van der Waals surface area (Å²) in [6.45, 7) is 0.447. The van der Waals surface area contributed by atoms with Gasteiger partial charge in [-0.3, -0.25) is 4.79 Å². The minimum atomic E-state index is -4.59. The third-order valence-corrected chi connectivity index (χ3v) is 3.56. The Morgan fingerprint density at radius 2 is 2.22 bits per heavy atom. The Hall–Kier alpha value is -2.35. The molecule has 23 heavy (non-hydrogen) atoms. The van der Waals surface area contributed by atoms with Gasteiger partial charge in [-0.05, 0) is 37.1 Å². The van der Waals surface area contributed by atoms with E-state index < -0.39 is 23.8 Å². The highest BCUT2D eigenvalue weighted by atomic mass is 19.4. The topological polar surface area (TPSA) is 56.2 Å². The van der Waals surface area contributed by atoms with Gasteiger partial charge in [-0.25, -0.2) is 4.68 Å². The van der Waals surface area contributed by atoms with Gasteiger partial charge in [0, 0.05) is 19.0 Å². The number of carbonyl (C=O) groups excluding carboxylic acids is 1. The van der Waals surface area contributed by atoms with E-state index in [9.17, 15) is 18.0 Å². The maximum atomic E-state index is 13.3. The molecule has 0 bridgehead atoms. The summed E-state index contributed by atoms with van der Waals surface area (Å²) in [6.07, 6.45) is -1.04. The summed E-state index contributed by atoms with van der Waals surface area (Å²) in [6, 6.07) is 5.26. The summed E-state index contributed by atoms with van der Waals surface area (Å²) in [7, 11) is 0. The summed E-state index contributed by atoms with van der Waals surface area (Å²) in [5.74, 6) is -0.556. The number of alkyl halides is 3. The molecule has 1 aliphatic rings. The highest BCUT2D eigenvalue weighted by Crippen LogP contribution is 2.36. The molecule has 1 saturated heterocycles. The number of ether oxygens (including phenoxy) is 1. The van der Waals surface area contributed by atoms with Crippen LogP contribution in [0.3, 0.4) is 0 Å². The van der Waals surface area contributed by atoms with Gasteiger partial charge in [0.25, 0.3) is 5.91 Å². The van der Waals surface area contributed by atoms with Crippen LogP contribution in [0.1, 0.15) is 18.4 Å². The number of hydrogen-bond acceptors (Lipinski definition) is 3. The van der Waals surface area contributed by atoms with Crippen molar-refractivity contribution in [3.05, 3.63) is 42.2 Å². The molecule has 1 fully saturated rings. The van der Waals surface area contributed by atoms with Crippen LogP contribution in [0.25, 0.3) is 5.69 Å². The number of carbonyl (C=O) groups is 1. The first-order chi connectivity index (χ1) is 10.9. The molecule has 1 amide bonds. The van der Waals surface area contributed by atoms with Crippen molar-refractivity contribution in [2.45, 2.75) is 25.1 Å². The minimum Gasteiger partial charge on any atom is -0.368 e. The van der Waals surface area contributed by atoms with Crippen molar-refractivity contribution in [1.82, 2.24) is 9.78 Å². The number of rotatable bonds is 3. The lowest BCUT2D eigenvalue weighted by molar-refractivity contribution is -0.137. The van der Waals surface area contributed by atoms with E-state index in [-0.39, 0.29) is 11.4 Å². The van der Waals surface area contributed by atoms with Crippen LogP contribution in [0, 0.1) is 0 Å². The number of benzene rings is 1. The van der Waals surface area contributed by atoms with Crippen LogP contribution < -0.4 is 5.32 Å². The maximum absolute atomic E-state index is 13.3. The minimum absolute atomic E-state index is 0.262. The average Bonchev–Trinajstić information content (AvgIpc) is 3.20. The molecule has 0 saturated carbocycles. The molecule has 2 aromatic rings. The number of amides is 1. The molecule has 1 aromatic carbocycles. The normalized spacial score (nSPS) is 18.1. The summed E-state index contributed by atoms with van der Waals surface area (Å²) in [5.41, 5.74) is -0.941. The fourth-order valence-electron chi connectivity index (χ4n) is 2.44. The molecule has 122 valence electrons. The molecule has 1 aromatic heterocycles. The Morgan fingerprint density at radius 3 is 2.83 bits per heavy atom. The van der Waals surface area contributed by atoms with Crippen LogP contribution in [0.2, 0.25) is 0 Å². The van der Waals surface area contributed by atoms with Crippen LogP contribution in [0.4, 0.5) is 18.9 Å². The quantitative estimate of drug-likeness (QED) is 0.944. The van der Waals surface area contributed by atoms with Gasteiger partial charge < -0.3 is 10.1 Å². The first kappa shape index (κ1) is 15.5. The van der Waals surface area contributed by atoms with Crippen molar-refractivity contribution < 1.29 is 22.7 Å². The summed E-state index contributed by atoms with van der Waals surface area (Å²) in [5, 5.41) is 6.22. The van der Waals surface area contributed by atoms with E-state index in [0.29, 0.717) is 13.0 Å². The maximum Gasteiger partial charge on any atom is 0.418 e. The predicted octanol–water partition coefficient (Wildman–Crippen LogP) is 3.01. The van der Waals surface area contributed by atoms with Crippen molar-refractivity contribution in [3.8, 4) is 5.69 Å². The smallest absolute Gasteiger partial charge is 0.368 e. The number of hydrogen-bond donors (Lipinski definition) is 1. The van der Waals surface area contributed by atoms with E-state index in [1.807, 2.05) is 0 Å². The molecule has 2 heterocycles. The van der Waals surface area contributed by atoms with Gasteiger partial charge in [0.2, 0.25) is 0 Å². The average molecular weight is 325 g/mol. The second-order valence-corrected chi connectivity index (χ2v) is 5.17. The monoisotopic (exact) mass is 325 g/mol. The van der Waals surface area contributed by atoms with Crippen LogP contribution in [-0.4, -0.2) is 28.4 Å². The van der Waals surface area contributed by atoms with Crippen LogP contribution in [-0.2, 0) is 15.7 Å². The lowest BCUT2D eigenvalue weighted by Gasteiger charge is -2.17. The second-order valence-electron chi connectivity index (χ2n) is 5.17. The van der Waals surface area contributed by atoms with Crippen LogP contribution in [0.5, 0.6) is 0 Å². The van der Waals surface area contributed by atoms with Gasteiger partial charge in [0.1, 0.15) is 6.10 Å². The third kappa shape index (κ3) is 3.37. The molecule has 0 aliphatic carbocycles. The van der Waals surface area contributed by atoms with E-state index in [1.54, 1.807) is 12.3 Å². The Balaban J connectivity index is 1.91. The molecule has 5 nitrogen and oxygen atoms in total. The van der Waals surface area contributed by atoms with Crippen LogP contribution in [0.15, 0.2) is 36.7 Å². The summed E-state index contributed by atoms with van der Waals surface area (Å²) in [4.78, 5) is 12.0. The van der Waals surface area contributed by atoms with Crippen molar-refractivity contribution in [2.75, 3.05) is 11.9 Å². The molecule has 1 atom stereocenters. The van der Waals surface area contributed by atoms with Gasteiger partial charge in [0.15, 0.2) is 0 Å². The SMILES string of the molecule is O=C(Nc1ccc(-n2cccn2)cc1C(F)(F)F)[C@@H]1CCCO1. The summed E-state index contributed by atoms with van der Waals surface area (Å²) < 4.78 is 46.4. The van der Waals surface area contributed by atoms with Gasteiger partial charge >= 0.3 is 6.18 Å². The molecule has 0 spiro atoms. The third-order valence-electron chi connectivity index (χ3n) is 3.56. The fourth-order valence-corrected chi connectivity index (χ4v) is 2.44. The molecule has 1 N–H and O–H groups in total. The number of aromatic nitrogens is 2. The zero-order valence-electron chi connectivity index (χ0n) is 12.0. The fraction of sp³-hybridized carbons (Fsp3) is 0.333. The highest BCUT2D eigenvalue weighted by molar-refractivity contribution is 5.95. The molecule has 0 radical (unpaired) electrons. The van der Waals surface area contributed by atoms with E-state index in [2.05, 4.69) is 10.4 Å². The lowest BCUT2D eigenvalue weighted by atomic mass is 10.1. The van der Waals surface area contributed by atoms with Crippen LogP contribution >= 0.6 is 0 Å². The number of halogens is 3. The van der Waals surface area contributed by atoms with Crippen molar-refractivity contribution >= 4 is 11.6 Å². The Bertz CT molecular complexity index is 692. The van der Waals surface area contributed by atoms with Crippen molar-refractivity contribution in [1.29, 1.82) is 0 Å². The predicted molar refractivity (Wildman–Crippen MR) is 76.2 cm³/mol. The highest BCUT2D eigenvalue weighted by Gasteiger charge is 2.35. The summed E-state index contributed by atoms with van der Waals surface area (Å²) >= 11 is 0. The Kier molecular flexibility index (Phi) is 4.08. The van der Waals surface area contributed by atoms with Gasteiger partial charge in [-0.2, -0.15) is 18.3 Å². The molecule has 1 aliphatic heterocycles. The Labute approximate surface area is 130 Å². The zero-order chi connectivity index (χ0) is 16.4. The number of nitrogens with one attached hydrogen (secondary N) is 1. The molecular weight excluding hydrogens is 311 g/mol. The lowest BCUT2D eigenvalue weighted by Crippen LogP contribution is -2.28. The second kappa shape index (κ2) is 6.04. The van der Waals surface area contributed by atoms with E-state index in [1.165, 1.54) is 23.0 Å². The number of nitrogens with zero attached hydrogens (tertiary/aromatic N) is 2. The van der Waals surface area contributed by atoms with Gasteiger partial charge in [-0.1, -0.05) is 0 Å². The van der Waals surface area contributed by atoms with E-state index in [0.717, 1.165) is 12.5 Å². The zero-order valence-corrected chi connectivity index (χ0v) is 12.0. The molecule has 8 heteroatoms. The van der Waals surface area contributed by atoms with E-state index >= 15 is 0 Å². The standard InChI is InChI=1S/C15H14F3N3O2/c16-15(17,18)11-9-10(21-7-2-6-19-21)4-5-12(11)20-14(22)13-3-1-8-23-13/h2,4-7,9,13H,1,3,8H2,(H,20,22)/t13-/m0/s1.